The van der Waals surface area contributed by atoms with Crippen molar-refractivity contribution in [3.63, 3.8) is 0 Å². The fourth-order valence-corrected chi connectivity index (χ4v) is 9.31. The van der Waals surface area contributed by atoms with E-state index in [9.17, 15) is 0 Å². The topological polar surface area (TPSA) is 21.3 Å². The van der Waals surface area contributed by atoms with Crippen molar-refractivity contribution in [1.29, 1.82) is 0 Å². The van der Waals surface area contributed by atoms with Crippen molar-refractivity contribution in [2.24, 2.45) is 0 Å². The van der Waals surface area contributed by atoms with Crippen molar-refractivity contribution in [3.8, 4) is 16.8 Å². The molecule has 0 N–H and O–H groups in total. The summed E-state index contributed by atoms with van der Waals surface area (Å²) in [6.07, 6.45) is 0. The average Bonchev–Trinajstić information content (AvgIpc) is 3.82. The van der Waals surface area contributed by atoms with Crippen molar-refractivity contribution in [1.82, 2.24) is 4.57 Å². The van der Waals surface area contributed by atoms with Gasteiger partial charge in [0.15, 0.2) is 0 Å². The molecule has 0 aliphatic carbocycles. The number of aromatic nitrogens is 1. The van der Waals surface area contributed by atoms with E-state index < -0.39 is 0 Å². The van der Waals surface area contributed by atoms with Crippen LogP contribution < -0.4 is 4.90 Å². The first-order chi connectivity index (χ1) is 28.3. The monoisotopic (exact) mass is 726 g/mol. The van der Waals surface area contributed by atoms with E-state index in [2.05, 4.69) is 216 Å². The van der Waals surface area contributed by atoms with E-state index in [1.165, 1.54) is 54.2 Å². The largest absolute Gasteiger partial charge is 0.456 e. The molecule has 0 saturated carbocycles. The van der Waals surface area contributed by atoms with Crippen LogP contribution in [0.5, 0.6) is 0 Å². The third-order valence-electron chi connectivity index (χ3n) is 11.7. The van der Waals surface area contributed by atoms with Crippen LogP contribution in [0.25, 0.3) is 92.9 Å². The van der Waals surface area contributed by atoms with Crippen molar-refractivity contribution in [3.05, 3.63) is 206 Å². The van der Waals surface area contributed by atoms with Gasteiger partial charge in [0.1, 0.15) is 11.2 Å². The van der Waals surface area contributed by atoms with Crippen LogP contribution >= 0.6 is 0 Å². The van der Waals surface area contributed by atoms with Crippen molar-refractivity contribution in [2.45, 2.75) is 0 Å². The number of anilines is 3. The van der Waals surface area contributed by atoms with E-state index in [0.717, 1.165) is 55.7 Å². The van der Waals surface area contributed by atoms with E-state index >= 15 is 0 Å². The molecule has 0 saturated heterocycles. The SMILES string of the molecule is c1ccc(N(c2ccccc2)c2ccc(-n3c4ccccc4c4c(-c5ccc6c7ccccc7c7ccccc7c6c5)c5c(cc43)oc3ccccc35)cc2)cc1. The molecule has 0 atom stereocenters. The Morgan fingerprint density at radius 2 is 0.842 bits per heavy atom. The number of para-hydroxylation sites is 4. The zero-order chi connectivity index (χ0) is 37.5. The summed E-state index contributed by atoms with van der Waals surface area (Å²) in [5.41, 5.74) is 10.8. The Hall–Kier alpha value is -7.62. The van der Waals surface area contributed by atoms with Gasteiger partial charge in [-0.1, -0.05) is 133 Å². The third-order valence-corrected chi connectivity index (χ3v) is 11.7. The van der Waals surface area contributed by atoms with Gasteiger partial charge in [0.2, 0.25) is 0 Å². The standard InChI is InChI=1S/C54H34N2O/c1-3-15-36(16-4-1)55(37-17-5-2-6-18-37)38-28-30-39(31-29-38)56-48-25-13-11-23-45(48)53-49(56)34-51-54(46-24-12-14-26-50(46)57-51)52(53)35-27-32-44-42-21-8-7-19-40(42)41-20-9-10-22-43(41)47(44)33-35/h1-34H. The van der Waals surface area contributed by atoms with Crippen LogP contribution in [0.4, 0.5) is 17.1 Å². The second-order valence-corrected chi connectivity index (χ2v) is 14.8. The number of nitrogens with zero attached hydrogens (tertiary/aromatic N) is 2. The predicted molar refractivity (Wildman–Crippen MR) is 241 cm³/mol. The highest BCUT2D eigenvalue weighted by molar-refractivity contribution is 6.29. The molecule has 57 heavy (non-hydrogen) atoms. The second kappa shape index (κ2) is 12.5. The maximum absolute atomic E-state index is 6.75. The van der Waals surface area contributed by atoms with Gasteiger partial charge in [0.05, 0.1) is 11.0 Å². The highest BCUT2D eigenvalue weighted by atomic mass is 16.3. The van der Waals surface area contributed by atoms with Crippen LogP contribution in [-0.2, 0) is 0 Å². The maximum Gasteiger partial charge on any atom is 0.138 e. The smallest absolute Gasteiger partial charge is 0.138 e. The lowest BCUT2D eigenvalue weighted by Crippen LogP contribution is -2.09. The van der Waals surface area contributed by atoms with E-state index in [4.69, 9.17) is 4.42 Å². The number of fused-ring (bicyclic) bond motifs is 12. The Kier molecular flexibility index (Phi) is 6.93. The fraction of sp³-hybridized carbons (Fsp3) is 0. The van der Waals surface area contributed by atoms with Crippen LogP contribution in [0.15, 0.2) is 211 Å². The summed E-state index contributed by atoms with van der Waals surface area (Å²) in [5, 5.41) is 12.3. The average molecular weight is 727 g/mol. The highest BCUT2D eigenvalue weighted by Gasteiger charge is 2.23. The molecule has 3 heteroatoms. The molecular weight excluding hydrogens is 693 g/mol. The molecule has 12 rings (SSSR count). The molecule has 266 valence electrons. The van der Waals surface area contributed by atoms with Crippen LogP contribution in [0.1, 0.15) is 0 Å². The predicted octanol–water partition coefficient (Wildman–Crippen LogP) is 15.3. The highest BCUT2D eigenvalue weighted by Crippen LogP contribution is 2.48. The lowest BCUT2D eigenvalue weighted by atomic mass is 9.89. The summed E-state index contributed by atoms with van der Waals surface area (Å²) in [5.74, 6) is 0. The van der Waals surface area contributed by atoms with Gasteiger partial charge in [-0.15, -0.1) is 0 Å². The summed E-state index contributed by atoms with van der Waals surface area (Å²) in [6.45, 7) is 0. The van der Waals surface area contributed by atoms with Gasteiger partial charge in [0, 0.05) is 55.9 Å². The van der Waals surface area contributed by atoms with E-state index in [0.29, 0.717) is 0 Å². The molecule has 0 aliphatic rings. The summed E-state index contributed by atoms with van der Waals surface area (Å²) >= 11 is 0. The molecule has 2 aromatic heterocycles. The molecule has 0 fully saturated rings. The summed E-state index contributed by atoms with van der Waals surface area (Å²) in [7, 11) is 0. The maximum atomic E-state index is 6.75. The molecule has 0 unspecified atom stereocenters. The van der Waals surface area contributed by atoms with Crippen molar-refractivity contribution in [2.75, 3.05) is 4.90 Å². The molecule has 0 amide bonds. The Morgan fingerprint density at radius 1 is 0.333 bits per heavy atom. The zero-order valence-corrected chi connectivity index (χ0v) is 30.9. The molecule has 12 aromatic rings. The van der Waals surface area contributed by atoms with Gasteiger partial charge in [-0.2, -0.15) is 0 Å². The Bertz CT molecular complexity index is 3430. The lowest BCUT2D eigenvalue weighted by Gasteiger charge is -2.25. The van der Waals surface area contributed by atoms with E-state index in [-0.39, 0.29) is 0 Å². The number of hydrogen-bond donors (Lipinski definition) is 0. The van der Waals surface area contributed by atoms with E-state index in [1.54, 1.807) is 0 Å². The number of rotatable bonds is 5. The van der Waals surface area contributed by atoms with Gasteiger partial charge < -0.3 is 13.9 Å². The quantitative estimate of drug-likeness (QED) is 0.165. The first-order valence-corrected chi connectivity index (χ1v) is 19.5. The molecule has 0 bridgehead atoms. The minimum absolute atomic E-state index is 0.877. The van der Waals surface area contributed by atoms with Crippen molar-refractivity contribution >= 4 is 93.1 Å². The summed E-state index contributed by atoms with van der Waals surface area (Å²) < 4.78 is 9.16. The number of hydrogen-bond acceptors (Lipinski definition) is 2. The zero-order valence-electron chi connectivity index (χ0n) is 30.9. The van der Waals surface area contributed by atoms with Crippen LogP contribution in [0, 0.1) is 0 Å². The molecule has 3 nitrogen and oxygen atoms in total. The van der Waals surface area contributed by atoms with Gasteiger partial charge in [0.25, 0.3) is 0 Å². The Morgan fingerprint density at radius 3 is 1.49 bits per heavy atom. The van der Waals surface area contributed by atoms with Gasteiger partial charge in [-0.25, -0.2) is 0 Å². The van der Waals surface area contributed by atoms with Crippen molar-refractivity contribution < 1.29 is 4.42 Å². The first kappa shape index (κ1) is 31.7. The Labute approximate surface area is 328 Å². The van der Waals surface area contributed by atoms with Gasteiger partial charge >= 0.3 is 0 Å². The lowest BCUT2D eigenvalue weighted by molar-refractivity contribution is 0.669. The minimum Gasteiger partial charge on any atom is -0.456 e. The number of furan rings is 1. The number of benzene rings is 10. The van der Waals surface area contributed by atoms with Gasteiger partial charge in [-0.05, 0) is 105 Å². The normalized spacial score (nSPS) is 11.9. The second-order valence-electron chi connectivity index (χ2n) is 14.8. The van der Waals surface area contributed by atoms with Crippen LogP contribution in [0.3, 0.4) is 0 Å². The molecule has 0 aliphatic heterocycles. The minimum atomic E-state index is 0.877. The van der Waals surface area contributed by atoms with Crippen LogP contribution in [0.2, 0.25) is 0 Å². The molecular formula is C54H34N2O. The third kappa shape index (κ3) is 4.79. The fourth-order valence-electron chi connectivity index (χ4n) is 9.31. The molecule has 0 radical (unpaired) electrons. The van der Waals surface area contributed by atoms with E-state index in [1.807, 2.05) is 0 Å². The summed E-state index contributed by atoms with van der Waals surface area (Å²) in [4.78, 5) is 2.30. The van der Waals surface area contributed by atoms with Gasteiger partial charge in [-0.3, -0.25) is 0 Å². The first-order valence-electron chi connectivity index (χ1n) is 19.5. The Balaban J connectivity index is 1.14. The molecule has 0 spiro atoms. The summed E-state index contributed by atoms with van der Waals surface area (Å²) in [6, 6.07) is 74.3. The molecule has 2 heterocycles. The molecule has 10 aromatic carbocycles. The van der Waals surface area contributed by atoms with Crippen LogP contribution in [-0.4, -0.2) is 4.57 Å².